The molecule has 116 valence electrons. The number of aliphatic imine (C=N–C) groups is 1. The molecule has 4 nitrogen and oxygen atoms in total. The van der Waals surface area contributed by atoms with Gasteiger partial charge in [0.1, 0.15) is 12.4 Å². The van der Waals surface area contributed by atoms with Crippen LogP contribution in [0.15, 0.2) is 41.4 Å². The van der Waals surface area contributed by atoms with E-state index in [9.17, 15) is 9.90 Å². The van der Waals surface area contributed by atoms with E-state index in [-0.39, 0.29) is 23.9 Å². The number of aromatic hydroxyl groups is 1. The number of nitrogens with one attached hydrogen (secondary N) is 1. The zero-order valence-corrected chi connectivity index (χ0v) is 13.3. The highest BCUT2D eigenvalue weighted by Gasteiger charge is 2.11. The molecule has 0 heterocycles. The number of fused-ring (bicyclic) bond motifs is 1. The van der Waals surface area contributed by atoms with E-state index in [0.29, 0.717) is 5.92 Å². The fourth-order valence-corrected chi connectivity index (χ4v) is 2.41. The summed E-state index contributed by atoms with van der Waals surface area (Å²) in [6.45, 7) is 6.44. The van der Waals surface area contributed by atoms with Crippen LogP contribution in [0.3, 0.4) is 0 Å². The maximum Gasteiger partial charge on any atom is 0.256 e. The summed E-state index contributed by atoms with van der Waals surface area (Å²) in [5.41, 5.74) is 1.29. The van der Waals surface area contributed by atoms with Gasteiger partial charge in [-0.15, -0.1) is 0 Å². The molecular formula is C18H22N2O2. The lowest BCUT2D eigenvalue weighted by Gasteiger charge is -2.08. The largest absolute Gasteiger partial charge is 0.507 e. The lowest BCUT2D eigenvalue weighted by molar-refractivity contribution is 0.0952. The lowest BCUT2D eigenvalue weighted by Crippen LogP contribution is -2.24. The molecule has 0 bridgehead atoms. The Kier molecular flexibility index (Phi) is 5.15. The zero-order chi connectivity index (χ0) is 16.1. The van der Waals surface area contributed by atoms with Crippen LogP contribution in [0.4, 0.5) is 0 Å². The van der Waals surface area contributed by atoms with Crippen molar-refractivity contribution in [1.82, 2.24) is 5.32 Å². The van der Waals surface area contributed by atoms with E-state index < -0.39 is 0 Å². The first-order valence-corrected chi connectivity index (χ1v) is 7.47. The SMILES string of the molecule is CC(CC(C)C)=NCNC(=O)c1cc2ccccc2cc1O. The van der Waals surface area contributed by atoms with Crippen molar-refractivity contribution in [2.45, 2.75) is 27.2 Å². The van der Waals surface area contributed by atoms with Gasteiger partial charge in [0.2, 0.25) is 0 Å². The summed E-state index contributed by atoms with van der Waals surface area (Å²) in [6.07, 6.45) is 0.914. The normalized spacial score (nSPS) is 11.9. The Hall–Kier alpha value is -2.36. The molecule has 22 heavy (non-hydrogen) atoms. The minimum absolute atomic E-state index is 0.0147. The van der Waals surface area contributed by atoms with Crippen LogP contribution < -0.4 is 5.32 Å². The van der Waals surface area contributed by atoms with Gasteiger partial charge in [0.15, 0.2) is 0 Å². The van der Waals surface area contributed by atoms with Crippen LogP contribution in [0.1, 0.15) is 37.6 Å². The summed E-state index contributed by atoms with van der Waals surface area (Å²) in [4.78, 5) is 16.5. The second kappa shape index (κ2) is 7.07. The van der Waals surface area contributed by atoms with Crippen molar-refractivity contribution < 1.29 is 9.90 Å². The minimum Gasteiger partial charge on any atom is -0.507 e. The summed E-state index contributed by atoms with van der Waals surface area (Å²) >= 11 is 0. The highest BCUT2D eigenvalue weighted by Crippen LogP contribution is 2.24. The van der Waals surface area contributed by atoms with Crippen molar-refractivity contribution in [3.05, 3.63) is 42.0 Å². The van der Waals surface area contributed by atoms with Crippen molar-refractivity contribution >= 4 is 22.4 Å². The van der Waals surface area contributed by atoms with Crippen LogP contribution in [0.2, 0.25) is 0 Å². The van der Waals surface area contributed by atoms with E-state index in [1.807, 2.05) is 31.2 Å². The van der Waals surface area contributed by atoms with Crippen molar-refractivity contribution in [3.8, 4) is 5.75 Å². The van der Waals surface area contributed by atoms with Gasteiger partial charge in [-0.1, -0.05) is 38.1 Å². The first kappa shape index (κ1) is 16.0. The first-order valence-electron chi connectivity index (χ1n) is 7.47. The molecule has 2 aromatic rings. The maximum absolute atomic E-state index is 12.2. The summed E-state index contributed by atoms with van der Waals surface area (Å²) < 4.78 is 0. The number of phenols is 1. The van der Waals surface area contributed by atoms with Crippen LogP contribution in [0, 0.1) is 5.92 Å². The van der Waals surface area contributed by atoms with E-state index in [1.54, 1.807) is 12.1 Å². The van der Waals surface area contributed by atoms with Gasteiger partial charge in [-0.3, -0.25) is 9.79 Å². The molecule has 2 aromatic carbocycles. The van der Waals surface area contributed by atoms with E-state index >= 15 is 0 Å². The number of hydrogen-bond acceptors (Lipinski definition) is 3. The van der Waals surface area contributed by atoms with Crippen molar-refractivity contribution in [1.29, 1.82) is 0 Å². The third-order valence-electron chi connectivity index (χ3n) is 3.40. The molecule has 0 spiro atoms. The van der Waals surface area contributed by atoms with Gasteiger partial charge in [0.05, 0.1) is 5.56 Å². The van der Waals surface area contributed by atoms with Gasteiger partial charge in [-0.25, -0.2) is 0 Å². The van der Waals surface area contributed by atoms with Gasteiger partial charge in [-0.05, 0) is 42.2 Å². The molecule has 0 fully saturated rings. The second-order valence-electron chi connectivity index (χ2n) is 5.87. The van der Waals surface area contributed by atoms with Crippen LogP contribution in [-0.4, -0.2) is 23.4 Å². The molecule has 0 aliphatic heterocycles. The Balaban J connectivity index is 2.08. The molecule has 0 aromatic heterocycles. The molecule has 0 aliphatic carbocycles. The Bertz CT molecular complexity index is 705. The Morgan fingerprint density at radius 1 is 1.23 bits per heavy atom. The molecule has 0 atom stereocenters. The van der Waals surface area contributed by atoms with Crippen LogP contribution in [0.25, 0.3) is 10.8 Å². The Morgan fingerprint density at radius 2 is 1.86 bits per heavy atom. The topological polar surface area (TPSA) is 61.7 Å². The van der Waals surface area contributed by atoms with Crippen molar-refractivity contribution in [2.75, 3.05) is 6.67 Å². The molecule has 2 rings (SSSR count). The summed E-state index contributed by atoms with van der Waals surface area (Å²) in [6, 6.07) is 10.9. The van der Waals surface area contributed by atoms with Gasteiger partial charge in [0, 0.05) is 5.71 Å². The number of nitrogens with zero attached hydrogens (tertiary/aromatic N) is 1. The molecule has 2 N–H and O–H groups in total. The predicted molar refractivity (Wildman–Crippen MR) is 90.5 cm³/mol. The maximum atomic E-state index is 12.2. The zero-order valence-electron chi connectivity index (χ0n) is 13.3. The Labute approximate surface area is 130 Å². The average Bonchev–Trinajstić information content (AvgIpc) is 2.45. The molecule has 0 saturated carbocycles. The predicted octanol–water partition coefficient (Wildman–Crippen LogP) is 3.74. The van der Waals surface area contributed by atoms with Gasteiger partial charge in [-0.2, -0.15) is 0 Å². The highest BCUT2D eigenvalue weighted by atomic mass is 16.3. The molecule has 4 heteroatoms. The van der Waals surface area contributed by atoms with Crippen LogP contribution >= 0.6 is 0 Å². The van der Waals surface area contributed by atoms with Gasteiger partial charge in [0.25, 0.3) is 5.91 Å². The standard InChI is InChI=1S/C18H22N2O2/c1-12(2)8-13(3)19-11-20-18(22)16-9-14-6-4-5-7-15(14)10-17(16)21/h4-7,9-10,12,21H,8,11H2,1-3H3,(H,20,22). The number of carbonyl (C=O) groups is 1. The Morgan fingerprint density at radius 3 is 2.50 bits per heavy atom. The molecule has 0 radical (unpaired) electrons. The average molecular weight is 298 g/mol. The third-order valence-corrected chi connectivity index (χ3v) is 3.40. The smallest absolute Gasteiger partial charge is 0.256 e. The molecular weight excluding hydrogens is 276 g/mol. The first-order chi connectivity index (χ1) is 10.5. The number of rotatable bonds is 5. The molecule has 0 aliphatic rings. The number of amides is 1. The minimum atomic E-state index is -0.315. The second-order valence-corrected chi connectivity index (χ2v) is 5.87. The fraction of sp³-hybridized carbons (Fsp3) is 0.333. The van der Waals surface area contributed by atoms with E-state index in [2.05, 4.69) is 24.2 Å². The van der Waals surface area contributed by atoms with Gasteiger partial charge >= 0.3 is 0 Å². The van der Waals surface area contributed by atoms with Crippen molar-refractivity contribution in [3.63, 3.8) is 0 Å². The van der Waals surface area contributed by atoms with Gasteiger partial charge < -0.3 is 10.4 Å². The number of hydrogen-bond donors (Lipinski definition) is 2. The number of benzene rings is 2. The molecule has 1 amide bonds. The number of carbonyl (C=O) groups excluding carboxylic acids is 1. The molecule has 0 unspecified atom stereocenters. The van der Waals surface area contributed by atoms with Crippen LogP contribution in [0.5, 0.6) is 5.75 Å². The van der Waals surface area contributed by atoms with Crippen molar-refractivity contribution in [2.24, 2.45) is 10.9 Å². The molecule has 0 saturated heterocycles. The van der Waals surface area contributed by atoms with Crippen LogP contribution in [-0.2, 0) is 0 Å². The summed E-state index contributed by atoms with van der Waals surface area (Å²) in [5.74, 6) is 0.215. The quantitative estimate of drug-likeness (QED) is 0.826. The highest BCUT2D eigenvalue weighted by molar-refractivity contribution is 6.01. The monoisotopic (exact) mass is 298 g/mol. The van der Waals surface area contributed by atoms with E-state index in [1.165, 1.54) is 0 Å². The summed E-state index contributed by atoms with van der Waals surface area (Å²) in [5, 5.41) is 14.6. The lowest BCUT2D eigenvalue weighted by atomic mass is 10.1. The number of phenolic OH excluding ortho intramolecular Hbond substituents is 1. The van der Waals surface area contributed by atoms with E-state index in [4.69, 9.17) is 0 Å². The summed E-state index contributed by atoms with van der Waals surface area (Å²) in [7, 11) is 0. The fourth-order valence-electron chi connectivity index (χ4n) is 2.41. The third kappa shape index (κ3) is 4.07. The van der Waals surface area contributed by atoms with E-state index in [0.717, 1.165) is 22.9 Å².